The molecule has 0 saturated heterocycles. The second-order valence-corrected chi connectivity index (χ2v) is 25.9. The molecule has 2 rings (SSSR count). The summed E-state index contributed by atoms with van der Waals surface area (Å²) in [7, 11) is -3.25. The largest absolute Gasteiger partial charge is 0.603 e. The number of esters is 2. The number of aliphatic hydroxyl groups excluding tert-OH is 1. The highest BCUT2D eigenvalue weighted by Gasteiger charge is 2.33. The maximum atomic E-state index is 13.2. The van der Waals surface area contributed by atoms with E-state index in [-0.39, 0.29) is 18.5 Å². The smallest absolute Gasteiger partial charge is 0.342 e. The fraction of sp³-hybridized carbons (Fsp3) is 0.594. The molecule has 2 atom stereocenters. The lowest BCUT2D eigenvalue weighted by Crippen LogP contribution is -2.25. The molecule has 1 aromatic rings. The minimum absolute atomic E-state index is 0.197. The van der Waals surface area contributed by atoms with Crippen LogP contribution in [0.15, 0.2) is 23.8 Å². The van der Waals surface area contributed by atoms with E-state index in [0.717, 1.165) is 34.4 Å². The zero-order chi connectivity index (χ0) is 33.1. The predicted molar refractivity (Wildman–Crippen MR) is 180 cm³/mol. The van der Waals surface area contributed by atoms with Crippen LogP contribution < -0.4 is 14.4 Å². The Labute approximate surface area is 266 Å². The minimum Gasteiger partial charge on any atom is -0.603 e. The zero-order valence-corrected chi connectivity index (χ0v) is 30.8. The van der Waals surface area contributed by atoms with Crippen LogP contribution in [0.3, 0.4) is 0 Å². The van der Waals surface area contributed by atoms with Gasteiger partial charge in [-0.1, -0.05) is 57.0 Å². The van der Waals surface area contributed by atoms with E-state index in [4.69, 9.17) is 24.1 Å². The van der Waals surface area contributed by atoms with Gasteiger partial charge in [0.05, 0.1) is 26.2 Å². The first kappa shape index (κ1) is 37.9. The molecule has 0 radical (unpaired) electrons. The highest BCUT2D eigenvalue weighted by atomic mass is 31.1. The third-order valence-electron chi connectivity index (χ3n) is 7.33. The van der Waals surface area contributed by atoms with Crippen molar-refractivity contribution in [1.82, 2.24) is 0 Å². The summed E-state index contributed by atoms with van der Waals surface area (Å²) in [6.45, 7) is 17.9. The Morgan fingerprint density at radius 3 is 2.39 bits per heavy atom. The molecule has 1 aliphatic rings. The van der Waals surface area contributed by atoms with Gasteiger partial charge in [0.25, 0.3) is 0 Å². The van der Waals surface area contributed by atoms with Crippen LogP contribution in [-0.4, -0.2) is 66.1 Å². The monoisotopic (exact) mass is 666 g/mol. The van der Waals surface area contributed by atoms with Gasteiger partial charge in [-0.15, -0.1) is 0 Å². The average Bonchev–Trinajstić information content (AvgIpc) is 3.30. The molecule has 0 bridgehead atoms. The van der Waals surface area contributed by atoms with E-state index in [9.17, 15) is 14.5 Å². The van der Waals surface area contributed by atoms with E-state index >= 15 is 0 Å². The quantitative estimate of drug-likeness (QED) is 0.0646. The number of fused-ring (bicyclic) bond motifs is 1. The first-order valence-corrected chi connectivity index (χ1v) is 23.8. The Morgan fingerprint density at radius 2 is 1.77 bits per heavy atom. The van der Waals surface area contributed by atoms with Gasteiger partial charge in [-0.3, -0.25) is 4.79 Å². The molecule has 0 spiro atoms. The van der Waals surface area contributed by atoms with Crippen LogP contribution in [0.2, 0.25) is 51.4 Å². The van der Waals surface area contributed by atoms with Crippen molar-refractivity contribution >= 4 is 41.9 Å². The molecule has 44 heavy (non-hydrogen) atoms. The number of aliphatic hydroxyl groups is 1. The van der Waals surface area contributed by atoms with Crippen LogP contribution in [0.4, 0.5) is 0 Å². The number of methoxy groups -OCH3 is 1. The summed E-state index contributed by atoms with van der Waals surface area (Å²) in [5.41, 5.74) is 3.90. The first-order valence-electron chi connectivity index (χ1n) is 15.1. The van der Waals surface area contributed by atoms with Crippen molar-refractivity contribution < 1.29 is 43.1 Å². The molecule has 1 aromatic carbocycles. The van der Waals surface area contributed by atoms with Gasteiger partial charge in [-0.05, 0) is 56.8 Å². The molecule has 0 aliphatic carbocycles. The van der Waals surface area contributed by atoms with Crippen molar-refractivity contribution in [2.75, 3.05) is 27.1 Å². The highest BCUT2D eigenvalue weighted by Crippen LogP contribution is 2.43. The fourth-order valence-corrected chi connectivity index (χ4v) is 6.58. The van der Waals surface area contributed by atoms with Crippen LogP contribution in [0.5, 0.6) is 11.5 Å². The summed E-state index contributed by atoms with van der Waals surface area (Å²) in [4.78, 5) is 37.6. The lowest BCUT2D eigenvalue weighted by Gasteiger charge is -2.22. The number of ether oxygens (including phenoxy) is 4. The SMILES string of the molecule is COc1c(C)c2c(c(OCC[Si](C)(C)C)c1CC=C(C)CC(CC=CC=[P+]([O-])OCO)C(=O)OCC[Si](C)(C)C)C(=O)OC2. The lowest BCUT2D eigenvalue weighted by atomic mass is 9.93. The fourth-order valence-electron chi connectivity index (χ4n) is 4.69. The normalized spacial score (nSPS) is 14.9. The van der Waals surface area contributed by atoms with Gasteiger partial charge in [0.15, 0.2) is 6.79 Å². The van der Waals surface area contributed by atoms with E-state index in [1.807, 2.05) is 19.9 Å². The van der Waals surface area contributed by atoms with Gasteiger partial charge in [0.2, 0.25) is 8.00 Å². The number of hydrogen-bond donors (Lipinski definition) is 1. The number of allylic oxidation sites excluding steroid dienone is 4. The number of cyclic esters (lactones) is 1. The maximum absolute atomic E-state index is 13.2. The molecule has 1 heterocycles. The molecule has 12 heteroatoms. The molecule has 1 aliphatic heterocycles. The lowest BCUT2D eigenvalue weighted by molar-refractivity contribution is -0.176. The molecular weight excluding hydrogens is 615 g/mol. The molecule has 0 fully saturated rings. The van der Waals surface area contributed by atoms with Crippen molar-refractivity contribution in [3.63, 3.8) is 0 Å². The van der Waals surface area contributed by atoms with Crippen LogP contribution >= 0.6 is 8.00 Å². The van der Waals surface area contributed by atoms with E-state index in [1.165, 1.54) is 5.80 Å². The maximum Gasteiger partial charge on any atom is 0.342 e. The number of carbonyl (C=O) groups excluding carboxylic acids is 2. The second-order valence-electron chi connectivity index (χ2n) is 13.5. The number of rotatable bonds is 18. The summed E-state index contributed by atoms with van der Waals surface area (Å²) in [6.07, 6.45) is 6.66. The Hall–Kier alpha value is -2.28. The Bertz CT molecular complexity index is 1240. The van der Waals surface area contributed by atoms with Crippen LogP contribution in [0, 0.1) is 12.8 Å². The van der Waals surface area contributed by atoms with Crippen molar-refractivity contribution in [2.45, 2.75) is 91.1 Å². The van der Waals surface area contributed by atoms with Gasteiger partial charge in [-0.25, -0.2) is 4.79 Å². The van der Waals surface area contributed by atoms with Crippen molar-refractivity contribution in [3.05, 3.63) is 46.1 Å². The topological polar surface area (TPSA) is 124 Å². The molecule has 0 amide bonds. The van der Waals surface area contributed by atoms with Crippen molar-refractivity contribution in [2.24, 2.45) is 5.92 Å². The van der Waals surface area contributed by atoms with Crippen molar-refractivity contribution in [1.29, 1.82) is 0 Å². The Morgan fingerprint density at radius 1 is 1.11 bits per heavy atom. The summed E-state index contributed by atoms with van der Waals surface area (Å²) in [6, 6.07) is 1.82. The zero-order valence-electron chi connectivity index (χ0n) is 27.9. The summed E-state index contributed by atoms with van der Waals surface area (Å²) in [5.74, 6) is 1.44. The molecule has 246 valence electrons. The Kier molecular flexibility index (Phi) is 15.0. The number of hydrogen-bond acceptors (Lipinski definition) is 9. The molecule has 0 aromatic heterocycles. The third-order valence-corrected chi connectivity index (χ3v) is 11.5. The van der Waals surface area contributed by atoms with E-state index in [1.54, 1.807) is 19.3 Å². The highest BCUT2D eigenvalue weighted by molar-refractivity contribution is 7.45. The van der Waals surface area contributed by atoms with Crippen LogP contribution in [0.25, 0.3) is 0 Å². The number of carbonyl (C=O) groups is 2. The van der Waals surface area contributed by atoms with Gasteiger partial charge in [-0.2, -0.15) is 4.52 Å². The minimum atomic E-state index is -2.11. The standard InChI is InChI=1S/C32H51O9PSi2/c1-23(20-25(12-10-11-17-42(36)41-22-33)31(34)39-16-19-44(7,8)9)13-14-26-29(37-3)24(2)27-21-40-32(35)28(27)30(26)38-15-18-43(4,5)6/h10-11,13,17,25,33H,12,14-16,18-22H2,1-9H3. The van der Waals surface area contributed by atoms with Crippen molar-refractivity contribution in [3.8, 4) is 11.5 Å². The molecule has 0 saturated carbocycles. The van der Waals surface area contributed by atoms with E-state index in [2.05, 4.69) is 43.8 Å². The molecule has 1 N–H and O–H groups in total. The van der Waals surface area contributed by atoms with E-state index < -0.39 is 36.9 Å². The predicted octanol–water partition coefficient (Wildman–Crippen LogP) is 6.15. The molecule has 2 unspecified atom stereocenters. The average molecular weight is 667 g/mol. The Balaban J connectivity index is 2.35. The molecule has 9 nitrogen and oxygen atoms in total. The third kappa shape index (κ3) is 12.3. The summed E-state index contributed by atoms with van der Waals surface area (Å²) in [5, 5.41) is 8.77. The summed E-state index contributed by atoms with van der Waals surface area (Å²) < 4.78 is 27.9. The second kappa shape index (κ2) is 17.4. The summed E-state index contributed by atoms with van der Waals surface area (Å²) >= 11 is 0. The van der Waals surface area contributed by atoms with Crippen LogP contribution in [0.1, 0.15) is 46.8 Å². The molecular formula is C32H51O9PSi2. The van der Waals surface area contributed by atoms with Crippen LogP contribution in [-0.2, 0) is 31.8 Å². The van der Waals surface area contributed by atoms with Gasteiger partial charge in [0.1, 0.15) is 29.5 Å². The van der Waals surface area contributed by atoms with Gasteiger partial charge in [0, 0.05) is 27.3 Å². The van der Waals surface area contributed by atoms with Gasteiger partial charge < -0.3 is 28.9 Å². The van der Waals surface area contributed by atoms with Gasteiger partial charge >= 0.3 is 11.9 Å². The first-order chi connectivity index (χ1) is 20.6. The van der Waals surface area contributed by atoms with E-state index in [0.29, 0.717) is 49.5 Å². The number of benzene rings is 1.